The minimum Gasteiger partial charge on any atom is -0.352 e. The van der Waals surface area contributed by atoms with Gasteiger partial charge in [-0.15, -0.1) is 0 Å². The molecule has 5 heteroatoms. The van der Waals surface area contributed by atoms with Crippen LogP contribution >= 0.6 is 0 Å². The Kier molecular flexibility index (Phi) is 3.69. The number of imidazole rings is 1. The fraction of sp³-hybridized carbons (Fsp3) is 0.467. The molecule has 0 spiro atoms. The van der Waals surface area contributed by atoms with E-state index >= 15 is 0 Å². The van der Waals surface area contributed by atoms with E-state index < -0.39 is 0 Å². The molecular formula is C15H20N4O. The Morgan fingerprint density at radius 1 is 1.25 bits per heavy atom. The first-order valence-electron chi connectivity index (χ1n) is 7.23. The van der Waals surface area contributed by atoms with Crippen LogP contribution in [0.5, 0.6) is 0 Å². The van der Waals surface area contributed by atoms with E-state index in [9.17, 15) is 4.79 Å². The number of pyridine rings is 1. The first-order valence-corrected chi connectivity index (χ1v) is 7.23. The van der Waals surface area contributed by atoms with E-state index in [1.54, 1.807) is 0 Å². The first kappa shape index (κ1) is 13.1. The second kappa shape index (κ2) is 5.63. The summed E-state index contributed by atoms with van der Waals surface area (Å²) in [7, 11) is 0. The molecule has 20 heavy (non-hydrogen) atoms. The molecule has 0 N–H and O–H groups in total. The van der Waals surface area contributed by atoms with Gasteiger partial charge in [-0.1, -0.05) is 13.0 Å². The predicted octanol–water partition coefficient (Wildman–Crippen LogP) is 1.68. The molecule has 3 heterocycles. The third kappa shape index (κ3) is 2.29. The lowest BCUT2D eigenvalue weighted by Crippen LogP contribution is -2.47. The van der Waals surface area contributed by atoms with Crippen LogP contribution in [-0.2, 0) is 0 Å². The van der Waals surface area contributed by atoms with Crippen LogP contribution in [0, 0.1) is 0 Å². The molecule has 1 saturated heterocycles. The van der Waals surface area contributed by atoms with E-state index in [0.29, 0.717) is 5.69 Å². The highest BCUT2D eigenvalue weighted by molar-refractivity contribution is 5.83. The summed E-state index contributed by atoms with van der Waals surface area (Å²) in [5, 5.41) is 0. The van der Waals surface area contributed by atoms with Crippen molar-refractivity contribution in [2.45, 2.75) is 13.3 Å². The van der Waals surface area contributed by atoms with Gasteiger partial charge in [0.25, 0.3) is 0 Å². The molecule has 1 fully saturated rings. The van der Waals surface area contributed by atoms with E-state index in [-0.39, 0.29) is 0 Å². The molecule has 1 aliphatic rings. The Labute approximate surface area is 118 Å². The van der Waals surface area contributed by atoms with Gasteiger partial charge in [-0.2, -0.15) is 0 Å². The van der Waals surface area contributed by atoms with Crippen molar-refractivity contribution in [1.82, 2.24) is 14.3 Å². The fourth-order valence-corrected chi connectivity index (χ4v) is 2.84. The molecule has 0 unspecified atom stereocenters. The summed E-state index contributed by atoms with van der Waals surface area (Å²) >= 11 is 0. The topological polar surface area (TPSA) is 40.9 Å². The Bertz CT molecular complexity index is 599. The molecular weight excluding hydrogens is 252 g/mol. The SMILES string of the molecule is CCCN1CCN(c2nc3ccccn3c2C=O)CC1. The highest BCUT2D eigenvalue weighted by atomic mass is 16.1. The fourth-order valence-electron chi connectivity index (χ4n) is 2.84. The summed E-state index contributed by atoms with van der Waals surface area (Å²) < 4.78 is 1.86. The summed E-state index contributed by atoms with van der Waals surface area (Å²) in [5.74, 6) is 0.822. The van der Waals surface area contributed by atoms with Crippen LogP contribution in [0.4, 0.5) is 5.82 Å². The molecule has 0 bridgehead atoms. The minimum absolute atomic E-state index is 0.657. The maximum absolute atomic E-state index is 11.4. The molecule has 0 atom stereocenters. The second-order valence-corrected chi connectivity index (χ2v) is 5.20. The lowest BCUT2D eigenvalue weighted by molar-refractivity contribution is 0.111. The number of carbonyl (C=O) groups excluding carboxylic acids is 1. The number of aldehydes is 1. The normalized spacial score (nSPS) is 16.8. The van der Waals surface area contributed by atoms with Gasteiger partial charge >= 0.3 is 0 Å². The molecule has 3 rings (SSSR count). The van der Waals surface area contributed by atoms with E-state index in [4.69, 9.17) is 0 Å². The molecule has 0 aromatic carbocycles. The van der Waals surface area contributed by atoms with Crippen LogP contribution in [0.3, 0.4) is 0 Å². The van der Waals surface area contributed by atoms with Crippen molar-refractivity contribution in [3.8, 4) is 0 Å². The first-order chi connectivity index (χ1) is 9.83. The Morgan fingerprint density at radius 2 is 2.05 bits per heavy atom. The van der Waals surface area contributed by atoms with Crippen LogP contribution in [0.2, 0.25) is 0 Å². The van der Waals surface area contributed by atoms with E-state index in [0.717, 1.165) is 50.5 Å². The van der Waals surface area contributed by atoms with Crippen LogP contribution in [0.15, 0.2) is 24.4 Å². The van der Waals surface area contributed by atoms with Crippen molar-refractivity contribution in [2.75, 3.05) is 37.6 Å². The molecule has 2 aromatic heterocycles. The van der Waals surface area contributed by atoms with Gasteiger partial charge in [-0.3, -0.25) is 14.1 Å². The number of rotatable bonds is 4. The predicted molar refractivity (Wildman–Crippen MR) is 79.5 cm³/mol. The Balaban J connectivity index is 1.86. The third-order valence-electron chi connectivity index (χ3n) is 3.87. The second-order valence-electron chi connectivity index (χ2n) is 5.20. The van der Waals surface area contributed by atoms with Gasteiger partial charge in [0.1, 0.15) is 11.3 Å². The van der Waals surface area contributed by atoms with Gasteiger partial charge in [-0.05, 0) is 25.1 Å². The summed E-state index contributed by atoms with van der Waals surface area (Å²) in [5.41, 5.74) is 1.49. The van der Waals surface area contributed by atoms with E-state index in [1.165, 1.54) is 6.42 Å². The van der Waals surface area contributed by atoms with Crippen molar-refractivity contribution in [1.29, 1.82) is 0 Å². The van der Waals surface area contributed by atoms with Crippen LogP contribution < -0.4 is 4.90 Å². The van der Waals surface area contributed by atoms with Crippen molar-refractivity contribution in [3.05, 3.63) is 30.1 Å². The van der Waals surface area contributed by atoms with Crippen molar-refractivity contribution in [3.63, 3.8) is 0 Å². The number of hydrogen-bond donors (Lipinski definition) is 0. The maximum atomic E-state index is 11.4. The average molecular weight is 272 g/mol. The third-order valence-corrected chi connectivity index (χ3v) is 3.87. The lowest BCUT2D eigenvalue weighted by atomic mass is 10.3. The number of piperazine rings is 1. The Hall–Kier alpha value is -1.88. The van der Waals surface area contributed by atoms with Gasteiger partial charge < -0.3 is 4.90 Å². The number of aromatic nitrogens is 2. The number of fused-ring (bicyclic) bond motifs is 1. The van der Waals surface area contributed by atoms with Gasteiger partial charge in [-0.25, -0.2) is 4.98 Å². The molecule has 2 aromatic rings. The molecule has 1 aliphatic heterocycles. The van der Waals surface area contributed by atoms with Gasteiger partial charge in [0.05, 0.1) is 0 Å². The van der Waals surface area contributed by atoms with Crippen LogP contribution in [-0.4, -0.2) is 53.3 Å². The Morgan fingerprint density at radius 3 is 2.75 bits per heavy atom. The van der Waals surface area contributed by atoms with Gasteiger partial charge in [0.2, 0.25) is 0 Å². The maximum Gasteiger partial charge on any atom is 0.170 e. The van der Waals surface area contributed by atoms with Crippen molar-refractivity contribution >= 4 is 17.8 Å². The molecule has 0 radical (unpaired) electrons. The minimum atomic E-state index is 0.657. The number of hydrogen-bond acceptors (Lipinski definition) is 4. The van der Waals surface area contributed by atoms with Crippen molar-refractivity contribution < 1.29 is 4.79 Å². The molecule has 0 aliphatic carbocycles. The van der Waals surface area contributed by atoms with Crippen molar-refractivity contribution in [2.24, 2.45) is 0 Å². The highest BCUT2D eigenvalue weighted by Crippen LogP contribution is 2.21. The number of carbonyl (C=O) groups is 1. The summed E-state index contributed by atoms with van der Waals surface area (Å²) in [6.45, 7) is 7.31. The molecule has 106 valence electrons. The average Bonchev–Trinajstić information content (AvgIpc) is 2.87. The molecule has 5 nitrogen and oxygen atoms in total. The van der Waals surface area contributed by atoms with Crippen LogP contribution in [0.1, 0.15) is 23.8 Å². The summed E-state index contributed by atoms with van der Waals surface area (Å²) in [4.78, 5) is 20.7. The largest absolute Gasteiger partial charge is 0.352 e. The number of anilines is 1. The monoisotopic (exact) mass is 272 g/mol. The standard InChI is InChI=1S/C15H20N4O/c1-2-6-17-8-10-18(11-9-17)15-13(12-20)19-7-4-3-5-14(19)16-15/h3-5,7,12H,2,6,8-11H2,1H3. The number of nitrogens with zero attached hydrogens (tertiary/aromatic N) is 4. The zero-order valence-corrected chi connectivity index (χ0v) is 11.8. The highest BCUT2D eigenvalue weighted by Gasteiger charge is 2.22. The smallest absolute Gasteiger partial charge is 0.170 e. The van der Waals surface area contributed by atoms with E-state index in [1.807, 2.05) is 28.8 Å². The molecule has 0 amide bonds. The summed E-state index contributed by atoms with van der Waals surface area (Å²) in [6, 6.07) is 5.80. The zero-order valence-electron chi connectivity index (χ0n) is 11.8. The molecule has 0 saturated carbocycles. The summed E-state index contributed by atoms with van der Waals surface area (Å²) in [6.07, 6.45) is 3.99. The quantitative estimate of drug-likeness (QED) is 0.794. The lowest BCUT2D eigenvalue weighted by Gasteiger charge is -2.34. The van der Waals surface area contributed by atoms with Gasteiger partial charge in [0, 0.05) is 32.4 Å². The van der Waals surface area contributed by atoms with E-state index in [2.05, 4.69) is 21.7 Å². The van der Waals surface area contributed by atoms with Crippen LogP contribution in [0.25, 0.3) is 5.65 Å². The zero-order chi connectivity index (χ0) is 13.9. The van der Waals surface area contributed by atoms with Gasteiger partial charge in [0.15, 0.2) is 12.1 Å².